The quantitative estimate of drug-likeness (QED) is 0.731. The molecule has 1 saturated carbocycles. The van der Waals surface area contributed by atoms with Gasteiger partial charge >= 0.3 is 6.03 Å². The first kappa shape index (κ1) is 16.8. The number of nitrogens with zero attached hydrogens (tertiary/aromatic N) is 1. The normalized spacial score (nSPS) is 15.5. The molecule has 5 nitrogen and oxygen atoms in total. The molecule has 1 heterocycles. The molecule has 24 heavy (non-hydrogen) atoms. The molecule has 0 saturated heterocycles. The number of aliphatic hydroxyl groups is 1. The van der Waals surface area contributed by atoms with Gasteiger partial charge in [-0.1, -0.05) is 25.1 Å². The Morgan fingerprint density at radius 2 is 2.21 bits per heavy atom. The first-order chi connectivity index (χ1) is 11.6. The summed E-state index contributed by atoms with van der Waals surface area (Å²) >= 11 is 0. The minimum atomic E-state index is -0.387. The number of hydrogen-bond acceptors (Lipinski definition) is 2. The first-order valence-corrected chi connectivity index (χ1v) is 8.85. The zero-order valence-corrected chi connectivity index (χ0v) is 14.5. The van der Waals surface area contributed by atoms with Crippen LogP contribution >= 0.6 is 0 Å². The van der Waals surface area contributed by atoms with Gasteiger partial charge in [-0.05, 0) is 42.7 Å². The molecule has 0 spiro atoms. The number of aromatic amines is 1. The number of hydrogen-bond donors (Lipinski definition) is 3. The van der Waals surface area contributed by atoms with Crippen LogP contribution < -0.4 is 5.32 Å². The van der Waals surface area contributed by atoms with E-state index >= 15 is 0 Å². The largest absolute Gasteiger partial charge is 0.391 e. The van der Waals surface area contributed by atoms with Crippen molar-refractivity contribution in [2.45, 2.75) is 38.7 Å². The van der Waals surface area contributed by atoms with Gasteiger partial charge in [0.05, 0.1) is 6.10 Å². The van der Waals surface area contributed by atoms with Crippen LogP contribution in [0.3, 0.4) is 0 Å². The number of aliphatic hydroxyl groups excluding tert-OH is 1. The van der Waals surface area contributed by atoms with E-state index in [1.54, 1.807) is 11.9 Å². The Labute approximate surface area is 143 Å². The van der Waals surface area contributed by atoms with Gasteiger partial charge in [-0.15, -0.1) is 0 Å². The maximum atomic E-state index is 12.1. The molecule has 1 aliphatic carbocycles. The van der Waals surface area contributed by atoms with Gasteiger partial charge in [-0.3, -0.25) is 0 Å². The number of urea groups is 1. The van der Waals surface area contributed by atoms with Crippen molar-refractivity contribution in [2.24, 2.45) is 5.92 Å². The Bertz CT molecular complexity index is 706. The summed E-state index contributed by atoms with van der Waals surface area (Å²) in [5.74, 6) is 0.388. The second kappa shape index (κ2) is 7.26. The molecule has 1 unspecified atom stereocenters. The Morgan fingerprint density at radius 1 is 1.42 bits per heavy atom. The van der Waals surface area contributed by atoms with Gasteiger partial charge < -0.3 is 20.3 Å². The Hall–Kier alpha value is -2.01. The minimum absolute atomic E-state index is 0.121. The van der Waals surface area contributed by atoms with Gasteiger partial charge in [-0.25, -0.2) is 4.79 Å². The Kier molecular flexibility index (Phi) is 5.09. The monoisotopic (exact) mass is 329 g/mol. The summed E-state index contributed by atoms with van der Waals surface area (Å²) in [6.45, 7) is 3.15. The Morgan fingerprint density at radius 3 is 2.92 bits per heavy atom. The maximum Gasteiger partial charge on any atom is 0.317 e. The van der Waals surface area contributed by atoms with E-state index in [-0.39, 0.29) is 12.1 Å². The highest BCUT2D eigenvalue weighted by atomic mass is 16.3. The lowest BCUT2D eigenvalue weighted by Crippen LogP contribution is -2.42. The molecule has 1 aromatic heterocycles. The lowest BCUT2D eigenvalue weighted by Gasteiger charge is -2.21. The van der Waals surface area contributed by atoms with E-state index in [4.69, 9.17) is 0 Å². The van der Waals surface area contributed by atoms with Crippen molar-refractivity contribution in [1.29, 1.82) is 0 Å². The molecule has 1 atom stereocenters. The lowest BCUT2D eigenvalue weighted by atomic mass is 10.1. The van der Waals surface area contributed by atoms with E-state index in [1.807, 2.05) is 6.20 Å². The minimum Gasteiger partial charge on any atom is -0.391 e. The summed E-state index contributed by atoms with van der Waals surface area (Å²) in [5.41, 5.74) is 3.74. The molecule has 0 bridgehead atoms. The number of aryl methyl sites for hydroxylation is 1. The average Bonchev–Trinajstić information content (AvgIpc) is 3.36. The number of benzene rings is 1. The highest BCUT2D eigenvalue weighted by Gasteiger charge is 2.31. The van der Waals surface area contributed by atoms with Crippen LogP contribution in [0.1, 0.15) is 30.9 Å². The number of fused-ring (bicyclic) bond motifs is 1. The van der Waals surface area contributed by atoms with E-state index in [9.17, 15) is 9.90 Å². The van der Waals surface area contributed by atoms with E-state index in [2.05, 4.69) is 35.4 Å². The van der Waals surface area contributed by atoms with Gasteiger partial charge in [0.1, 0.15) is 0 Å². The van der Waals surface area contributed by atoms with Crippen molar-refractivity contribution in [3.63, 3.8) is 0 Å². The first-order valence-electron chi connectivity index (χ1n) is 8.85. The van der Waals surface area contributed by atoms with E-state index in [1.165, 1.54) is 22.0 Å². The molecule has 2 aromatic rings. The van der Waals surface area contributed by atoms with Crippen LogP contribution in [0.5, 0.6) is 0 Å². The van der Waals surface area contributed by atoms with E-state index < -0.39 is 0 Å². The predicted molar refractivity (Wildman–Crippen MR) is 96.1 cm³/mol. The molecule has 3 rings (SSSR count). The second-order valence-electron chi connectivity index (χ2n) is 6.77. The number of carbonyl (C=O) groups excluding carboxylic acids is 1. The fourth-order valence-corrected chi connectivity index (χ4v) is 3.21. The zero-order valence-electron chi connectivity index (χ0n) is 14.5. The summed E-state index contributed by atoms with van der Waals surface area (Å²) in [4.78, 5) is 17.0. The maximum absolute atomic E-state index is 12.1. The highest BCUT2D eigenvalue weighted by Crippen LogP contribution is 2.32. The number of carbonyl (C=O) groups is 1. The molecule has 2 amide bonds. The van der Waals surface area contributed by atoms with Crippen molar-refractivity contribution in [3.05, 3.63) is 35.5 Å². The smallest absolute Gasteiger partial charge is 0.317 e. The number of amides is 2. The van der Waals surface area contributed by atoms with Gasteiger partial charge in [0.15, 0.2) is 0 Å². The van der Waals surface area contributed by atoms with Crippen LogP contribution in [0.2, 0.25) is 0 Å². The number of likely N-dealkylation sites (N-methyl/N-ethyl adjacent to an activating group) is 1. The molecule has 5 heteroatoms. The summed E-state index contributed by atoms with van der Waals surface area (Å²) in [7, 11) is 1.74. The second-order valence-corrected chi connectivity index (χ2v) is 6.77. The lowest BCUT2D eigenvalue weighted by molar-refractivity contribution is 0.113. The average molecular weight is 329 g/mol. The fraction of sp³-hybridized carbons (Fsp3) is 0.526. The third-order valence-corrected chi connectivity index (χ3v) is 4.91. The summed E-state index contributed by atoms with van der Waals surface area (Å²) < 4.78 is 0. The van der Waals surface area contributed by atoms with Crippen LogP contribution in [-0.4, -0.2) is 47.3 Å². The molecule has 1 aliphatic rings. The molecule has 3 N–H and O–H groups in total. The number of aromatic nitrogens is 1. The summed E-state index contributed by atoms with van der Waals surface area (Å²) in [6.07, 6.45) is 5.60. The molecule has 1 aromatic carbocycles. The molecule has 130 valence electrons. The number of nitrogens with one attached hydrogen (secondary N) is 2. The van der Waals surface area contributed by atoms with Crippen molar-refractivity contribution in [2.75, 3.05) is 20.1 Å². The van der Waals surface area contributed by atoms with E-state index in [0.29, 0.717) is 19.0 Å². The third-order valence-electron chi connectivity index (χ3n) is 4.91. The van der Waals surface area contributed by atoms with Gasteiger partial charge in [0.25, 0.3) is 0 Å². The van der Waals surface area contributed by atoms with Crippen molar-refractivity contribution < 1.29 is 9.90 Å². The number of H-pyrrole nitrogens is 1. The molecule has 0 radical (unpaired) electrons. The summed E-state index contributed by atoms with van der Waals surface area (Å²) in [6, 6.07) is 6.23. The fourth-order valence-electron chi connectivity index (χ4n) is 3.21. The third kappa shape index (κ3) is 3.73. The van der Waals surface area contributed by atoms with Gasteiger partial charge in [-0.2, -0.15) is 0 Å². The van der Waals surface area contributed by atoms with E-state index in [0.717, 1.165) is 25.7 Å². The summed E-state index contributed by atoms with van der Waals surface area (Å²) in [5, 5.41) is 14.1. The van der Waals surface area contributed by atoms with Crippen molar-refractivity contribution >= 4 is 16.9 Å². The van der Waals surface area contributed by atoms with Crippen molar-refractivity contribution in [1.82, 2.24) is 15.2 Å². The van der Waals surface area contributed by atoms with Gasteiger partial charge in [0, 0.05) is 37.2 Å². The van der Waals surface area contributed by atoms with Crippen LogP contribution in [0.25, 0.3) is 10.9 Å². The zero-order chi connectivity index (χ0) is 17.1. The Balaban J connectivity index is 1.51. The van der Waals surface area contributed by atoms with Crippen LogP contribution in [0, 0.1) is 5.92 Å². The number of para-hydroxylation sites is 1. The highest BCUT2D eigenvalue weighted by molar-refractivity contribution is 5.86. The topological polar surface area (TPSA) is 68.4 Å². The van der Waals surface area contributed by atoms with Crippen LogP contribution in [0.15, 0.2) is 24.4 Å². The number of rotatable bonds is 7. The molecular formula is C19H27N3O2. The SMILES string of the molecule is CCc1cccc2c(CCNC(=O)N(C)CC(O)C3CC3)c[nH]c12. The molecular weight excluding hydrogens is 302 g/mol. The predicted octanol–water partition coefficient (Wildman–Crippen LogP) is 2.69. The molecule has 1 fully saturated rings. The molecule has 0 aliphatic heterocycles. The van der Waals surface area contributed by atoms with Crippen LogP contribution in [-0.2, 0) is 12.8 Å². The van der Waals surface area contributed by atoms with Crippen LogP contribution in [0.4, 0.5) is 4.79 Å². The van der Waals surface area contributed by atoms with Crippen molar-refractivity contribution in [3.8, 4) is 0 Å². The van der Waals surface area contributed by atoms with Gasteiger partial charge in [0.2, 0.25) is 0 Å². The standard InChI is InChI=1S/C19H27N3O2/c1-3-13-5-4-6-16-15(11-21-18(13)16)9-10-20-19(24)22(2)12-17(23)14-7-8-14/h4-6,11,14,17,21,23H,3,7-10,12H2,1-2H3,(H,20,24).